The van der Waals surface area contributed by atoms with E-state index in [9.17, 15) is 19.2 Å². The molecule has 180 valence electrons. The van der Waals surface area contributed by atoms with Crippen molar-refractivity contribution in [3.8, 4) is 0 Å². The average molecular weight is 519 g/mol. The van der Waals surface area contributed by atoms with E-state index < -0.39 is 45.9 Å². The zero-order valence-corrected chi connectivity index (χ0v) is 20.6. The molecule has 8 heteroatoms. The Bertz CT molecular complexity index is 1380. The molecular weight excluding hydrogens is 499 g/mol. The van der Waals surface area contributed by atoms with Crippen molar-refractivity contribution in [1.29, 1.82) is 0 Å². The van der Waals surface area contributed by atoms with Gasteiger partial charge in [-0.3, -0.25) is 24.1 Å². The summed E-state index contributed by atoms with van der Waals surface area (Å²) in [5, 5.41) is 2.67. The number of benzene rings is 3. The lowest BCUT2D eigenvalue weighted by Crippen LogP contribution is -2.57. The highest BCUT2D eigenvalue weighted by Gasteiger charge is 2.73. The third kappa shape index (κ3) is 2.85. The SMILES string of the molecule is CC(=O)c1cccc(NC(=O)CN2C(=O)[C@H]3[C@H](C2=O)C2(Cl)c4ccccc4C3(Cl)c3ccccc32)c1. The van der Waals surface area contributed by atoms with E-state index in [-0.39, 0.29) is 5.78 Å². The first-order valence-corrected chi connectivity index (χ1v) is 12.3. The molecule has 2 atom stereocenters. The number of halogens is 2. The van der Waals surface area contributed by atoms with Crippen molar-refractivity contribution in [3.05, 3.63) is 101 Å². The standard InChI is InChI=1S/C28H20Cl2N2O4/c1-15(33)16-7-6-8-17(13-16)31-22(34)14-32-25(35)23-24(26(32)36)28(30)19-10-3-2-9-18(19)27(23,29)20-11-4-5-12-21(20)28/h2-13,23-24H,14H2,1H3,(H,31,34)/t23-,24-,27?,28?/m1/s1. The molecule has 1 fully saturated rings. The van der Waals surface area contributed by atoms with Crippen molar-refractivity contribution in [1.82, 2.24) is 4.90 Å². The quantitative estimate of drug-likeness (QED) is 0.314. The van der Waals surface area contributed by atoms with Gasteiger partial charge in [0.15, 0.2) is 5.78 Å². The molecule has 0 spiro atoms. The Labute approximate surface area is 217 Å². The van der Waals surface area contributed by atoms with Gasteiger partial charge in [-0.25, -0.2) is 0 Å². The lowest BCUT2D eigenvalue weighted by Gasteiger charge is -2.54. The van der Waals surface area contributed by atoms with Crippen LogP contribution in [0.4, 0.5) is 5.69 Å². The topological polar surface area (TPSA) is 83.6 Å². The third-order valence-corrected chi connectivity index (χ3v) is 8.82. The predicted octanol–water partition coefficient (Wildman–Crippen LogP) is 4.42. The number of carbonyl (C=O) groups is 4. The minimum Gasteiger partial charge on any atom is -0.325 e. The van der Waals surface area contributed by atoms with Crippen LogP contribution in [0.1, 0.15) is 39.5 Å². The molecule has 2 bridgehead atoms. The summed E-state index contributed by atoms with van der Waals surface area (Å²) in [4.78, 5) is 50.5. The highest BCUT2D eigenvalue weighted by atomic mass is 35.5. The Hall–Kier alpha value is -3.48. The van der Waals surface area contributed by atoms with Gasteiger partial charge in [-0.05, 0) is 41.3 Å². The van der Waals surface area contributed by atoms with Crippen LogP contribution in [-0.4, -0.2) is 34.9 Å². The molecule has 0 radical (unpaired) electrons. The van der Waals surface area contributed by atoms with Crippen LogP contribution in [0.3, 0.4) is 0 Å². The zero-order chi connectivity index (χ0) is 25.4. The van der Waals surface area contributed by atoms with E-state index in [1.165, 1.54) is 6.92 Å². The maximum atomic E-state index is 13.8. The molecule has 3 aromatic rings. The Balaban J connectivity index is 1.38. The Morgan fingerprint density at radius 3 is 1.72 bits per heavy atom. The summed E-state index contributed by atoms with van der Waals surface area (Å²) in [6.07, 6.45) is 0. The van der Waals surface area contributed by atoms with Crippen molar-refractivity contribution in [2.75, 3.05) is 11.9 Å². The van der Waals surface area contributed by atoms with E-state index in [4.69, 9.17) is 23.2 Å². The monoisotopic (exact) mass is 518 g/mol. The zero-order valence-electron chi connectivity index (χ0n) is 19.1. The molecule has 0 aromatic heterocycles. The first-order chi connectivity index (χ1) is 17.2. The van der Waals surface area contributed by atoms with Gasteiger partial charge in [-0.15, -0.1) is 23.2 Å². The number of carbonyl (C=O) groups excluding carboxylic acids is 4. The molecule has 4 aliphatic rings. The summed E-state index contributed by atoms with van der Waals surface area (Å²) in [7, 11) is 0. The fourth-order valence-electron chi connectivity index (χ4n) is 6.04. The number of nitrogens with one attached hydrogen (secondary N) is 1. The Morgan fingerprint density at radius 2 is 1.28 bits per heavy atom. The molecule has 1 aliphatic heterocycles. The fraction of sp³-hybridized carbons (Fsp3) is 0.214. The largest absolute Gasteiger partial charge is 0.325 e. The summed E-state index contributed by atoms with van der Waals surface area (Å²) in [5.74, 6) is -3.67. The summed E-state index contributed by atoms with van der Waals surface area (Å²) in [5.41, 5.74) is 3.65. The number of rotatable bonds is 4. The van der Waals surface area contributed by atoms with Crippen molar-refractivity contribution in [3.63, 3.8) is 0 Å². The van der Waals surface area contributed by atoms with Gasteiger partial charge in [0.1, 0.15) is 16.3 Å². The van der Waals surface area contributed by atoms with E-state index in [1.54, 1.807) is 24.3 Å². The molecule has 3 aliphatic carbocycles. The van der Waals surface area contributed by atoms with E-state index in [2.05, 4.69) is 5.32 Å². The Morgan fingerprint density at radius 1 is 0.806 bits per heavy atom. The number of imide groups is 1. The van der Waals surface area contributed by atoms with Crippen LogP contribution in [0.5, 0.6) is 0 Å². The van der Waals surface area contributed by atoms with E-state index >= 15 is 0 Å². The number of Topliss-reactive ketones (excluding diaryl/α,β-unsaturated/α-hetero) is 1. The summed E-state index contributed by atoms with van der Waals surface area (Å²) < 4.78 is 0. The van der Waals surface area contributed by atoms with Crippen LogP contribution in [-0.2, 0) is 24.1 Å². The second kappa shape index (κ2) is 7.76. The van der Waals surface area contributed by atoms with Gasteiger partial charge in [0.05, 0.1) is 11.8 Å². The minimum absolute atomic E-state index is 0.144. The fourth-order valence-corrected chi connectivity index (χ4v) is 7.14. The van der Waals surface area contributed by atoms with Crippen LogP contribution >= 0.6 is 23.2 Å². The third-order valence-electron chi connectivity index (χ3n) is 7.53. The number of amides is 3. The van der Waals surface area contributed by atoms with Gasteiger partial charge in [-0.1, -0.05) is 60.7 Å². The number of ketones is 1. The van der Waals surface area contributed by atoms with Gasteiger partial charge in [-0.2, -0.15) is 0 Å². The first kappa shape index (κ1) is 23.0. The van der Waals surface area contributed by atoms with Crippen LogP contribution in [0.25, 0.3) is 0 Å². The van der Waals surface area contributed by atoms with E-state index in [0.717, 1.165) is 4.90 Å². The van der Waals surface area contributed by atoms with Crippen molar-refractivity contribution in [2.24, 2.45) is 11.8 Å². The molecule has 6 nitrogen and oxygen atoms in total. The minimum atomic E-state index is -1.29. The average Bonchev–Trinajstić information content (AvgIpc) is 3.13. The molecule has 1 N–H and O–H groups in total. The van der Waals surface area contributed by atoms with Gasteiger partial charge >= 0.3 is 0 Å². The van der Waals surface area contributed by atoms with Gasteiger partial charge in [0, 0.05) is 11.3 Å². The van der Waals surface area contributed by atoms with Crippen LogP contribution in [0.2, 0.25) is 0 Å². The predicted molar refractivity (Wildman–Crippen MR) is 135 cm³/mol. The highest BCUT2D eigenvalue weighted by Crippen LogP contribution is 2.69. The molecule has 7 rings (SSSR count). The van der Waals surface area contributed by atoms with E-state index in [1.807, 2.05) is 48.5 Å². The molecule has 36 heavy (non-hydrogen) atoms. The molecule has 3 amide bonds. The molecular formula is C28H20Cl2N2O4. The Kier molecular flexibility index (Phi) is 4.95. The second-order valence-corrected chi connectivity index (χ2v) is 10.6. The second-order valence-electron chi connectivity index (χ2n) is 9.42. The molecule has 0 unspecified atom stereocenters. The van der Waals surface area contributed by atoms with E-state index in [0.29, 0.717) is 33.5 Å². The lowest BCUT2D eigenvalue weighted by atomic mass is 9.54. The smallest absolute Gasteiger partial charge is 0.244 e. The van der Waals surface area contributed by atoms with Gasteiger partial charge < -0.3 is 5.32 Å². The van der Waals surface area contributed by atoms with Gasteiger partial charge in [0.25, 0.3) is 0 Å². The maximum absolute atomic E-state index is 13.8. The van der Waals surface area contributed by atoms with Crippen LogP contribution in [0.15, 0.2) is 72.8 Å². The molecule has 1 heterocycles. The number of anilines is 1. The molecule has 1 saturated heterocycles. The van der Waals surface area contributed by atoms with Gasteiger partial charge in [0.2, 0.25) is 17.7 Å². The van der Waals surface area contributed by atoms with Crippen molar-refractivity contribution < 1.29 is 19.2 Å². The number of likely N-dealkylation sites (tertiary alicyclic amines) is 1. The molecule has 3 aromatic carbocycles. The van der Waals surface area contributed by atoms with Crippen LogP contribution in [0, 0.1) is 11.8 Å². The summed E-state index contributed by atoms with van der Waals surface area (Å²) in [6, 6.07) is 21.2. The lowest BCUT2D eigenvalue weighted by molar-refractivity contribution is -0.142. The molecule has 0 saturated carbocycles. The highest BCUT2D eigenvalue weighted by molar-refractivity contribution is 6.36. The number of alkyl halides is 2. The number of hydrogen-bond acceptors (Lipinski definition) is 4. The summed E-state index contributed by atoms with van der Waals surface area (Å²) in [6.45, 7) is 0.945. The summed E-state index contributed by atoms with van der Waals surface area (Å²) >= 11 is 14.7. The van der Waals surface area contributed by atoms with Crippen LogP contribution < -0.4 is 5.32 Å². The number of nitrogens with zero attached hydrogens (tertiary/aromatic N) is 1. The maximum Gasteiger partial charge on any atom is 0.244 e. The van der Waals surface area contributed by atoms with Crippen molar-refractivity contribution >= 4 is 52.4 Å². The number of hydrogen-bond donors (Lipinski definition) is 1. The van der Waals surface area contributed by atoms with Crippen molar-refractivity contribution in [2.45, 2.75) is 16.7 Å². The first-order valence-electron chi connectivity index (χ1n) is 11.5. The normalized spacial score (nSPS) is 27.4.